The first-order chi connectivity index (χ1) is 13.1. The molecule has 0 spiro atoms. The van der Waals surface area contributed by atoms with E-state index in [1.807, 2.05) is 12.1 Å². The van der Waals surface area contributed by atoms with E-state index >= 15 is 0 Å². The van der Waals surface area contributed by atoms with Crippen LogP contribution in [0.1, 0.15) is 22.7 Å². The Morgan fingerprint density at radius 2 is 1.74 bits per heavy atom. The average Bonchev–Trinajstić information content (AvgIpc) is 3.11. The van der Waals surface area contributed by atoms with Crippen molar-refractivity contribution >= 4 is 5.69 Å². The molecule has 0 bridgehead atoms. The topological polar surface area (TPSA) is 30.5 Å². The van der Waals surface area contributed by atoms with Crippen molar-refractivity contribution in [3.63, 3.8) is 0 Å². The highest BCUT2D eigenvalue weighted by Crippen LogP contribution is 2.27. The van der Waals surface area contributed by atoms with Gasteiger partial charge in [-0.05, 0) is 43.2 Å². The van der Waals surface area contributed by atoms with Crippen molar-refractivity contribution < 1.29 is 4.39 Å². The number of rotatable bonds is 4. The van der Waals surface area contributed by atoms with Gasteiger partial charge in [0.25, 0.3) is 0 Å². The predicted octanol–water partition coefficient (Wildman–Crippen LogP) is 3.03. The molecule has 2 saturated heterocycles. The van der Waals surface area contributed by atoms with Crippen LogP contribution in [0, 0.1) is 25.6 Å². The number of halogens is 1. The summed E-state index contributed by atoms with van der Waals surface area (Å²) in [5.41, 5.74) is 11.9. The number of hydrazine groups is 1. The normalized spacial score (nSPS) is 23.7. The molecule has 2 aliphatic heterocycles. The molecule has 2 heterocycles. The first-order valence-corrected chi connectivity index (χ1v) is 9.88. The SMILES string of the molecule is Cc1ccc(N2CCN(CC3CNNC3c3ccc(F)cc3)CC2)c(C)c1. The van der Waals surface area contributed by atoms with Crippen LogP contribution in [0.2, 0.25) is 0 Å². The Labute approximate surface area is 161 Å². The van der Waals surface area contributed by atoms with Crippen molar-refractivity contribution in [2.24, 2.45) is 5.92 Å². The second-order valence-corrected chi connectivity index (χ2v) is 7.89. The number of piperazine rings is 1. The lowest BCUT2D eigenvalue weighted by atomic mass is 9.94. The minimum atomic E-state index is -0.177. The molecule has 2 aliphatic rings. The minimum absolute atomic E-state index is 0.177. The number of nitrogens with zero attached hydrogens (tertiary/aromatic N) is 2. The number of hydrogen-bond acceptors (Lipinski definition) is 4. The van der Waals surface area contributed by atoms with Crippen molar-refractivity contribution in [3.8, 4) is 0 Å². The summed E-state index contributed by atoms with van der Waals surface area (Å²) in [7, 11) is 0. The van der Waals surface area contributed by atoms with E-state index in [9.17, 15) is 4.39 Å². The Balaban J connectivity index is 1.35. The number of nitrogens with one attached hydrogen (secondary N) is 2. The Bertz CT molecular complexity index is 768. The van der Waals surface area contributed by atoms with Crippen molar-refractivity contribution in [1.82, 2.24) is 15.8 Å². The molecule has 4 nitrogen and oxygen atoms in total. The largest absolute Gasteiger partial charge is 0.369 e. The van der Waals surface area contributed by atoms with Crippen LogP contribution < -0.4 is 15.8 Å². The van der Waals surface area contributed by atoms with Crippen LogP contribution in [0.25, 0.3) is 0 Å². The molecule has 5 heteroatoms. The van der Waals surface area contributed by atoms with Gasteiger partial charge in [0, 0.05) is 50.9 Å². The van der Waals surface area contributed by atoms with Crippen LogP contribution in [0.3, 0.4) is 0 Å². The van der Waals surface area contributed by atoms with Crippen molar-refractivity contribution in [3.05, 3.63) is 65.0 Å². The van der Waals surface area contributed by atoms with E-state index in [0.29, 0.717) is 5.92 Å². The molecular formula is C22H29FN4. The summed E-state index contributed by atoms with van der Waals surface area (Å²) in [4.78, 5) is 5.07. The highest BCUT2D eigenvalue weighted by Gasteiger charge is 2.31. The van der Waals surface area contributed by atoms with Crippen molar-refractivity contribution in [2.75, 3.05) is 44.2 Å². The van der Waals surface area contributed by atoms with Crippen LogP contribution >= 0.6 is 0 Å². The molecule has 0 aliphatic carbocycles. The monoisotopic (exact) mass is 368 g/mol. The predicted molar refractivity (Wildman–Crippen MR) is 108 cm³/mol. The maximum atomic E-state index is 13.2. The van der Waals surface area contributed by atoms with Gasteiger partial charge in [0.05, 0.1) is 6.04 Å². The van der Waals surface area contributed by atoms with E-state index in [2.05, 4.69) is 52.7 Å². The summed E-state index contributed by atoms with van der Waals surface area (Å²) in [6, 6.07) is 13.9. The van der Waals surface area contributed by atoms with Gasteiger partial charge in [-0.25, -0.2) is 9.82 Å². The molecule has 2 aromatic carbocycles. The molecule has 0 radical (unpaired) electrons. The average molecular weight is 369 g/mol. The van der Waals surface area contributed by atoms with Gasteiger partial charge in [0.1, 0.15) is 5.82 Å². The van der Waals surface area contributed by atoms with E-state index in [4.69, 9.17) is 0 Å². The molecule has 0 amide bonds. The molecular weight excluding hydrogens is 339 g/mol. The Morgan fingerprint density at radius 3 is 2.44 bits per heavy atom. The van der Waals surface area contributed by atoms with E-state index < -0.39 is 0 Å². The lowest BCUT2D eigenvalue weighted by Crippen LogP contribution is -2.48. The van der Waals surface area contributed by atoms with E-state index in [1.54, 1.807) is 12.1 Å². The number of aryl methyl sites for hydroxylation is 2. The fourth-order valence-corrected chi connectivity index (χ4v) is 4.39. The van der Waals surface area contributed by atoms with E-state index in [1.165, 1.54) is 16.8 Å². The van der Waals surface area contributed by atoms with E-state index in [0.717, 1.165) is 44.8 Å². The highest BCUT2D eigenvalue weighted by molar-refractivity contribution is 5.54. The molecule has 0 saturated carbocycles. The smallest absolute Gasteiger partial charge is 0.123 e. The summed E-state index contributed by atoms with van der Waals surface area (Å²) < 4.78 is 13.2. The maximum Gasteiger partial charge on any atom is 0.123 e. The molecule has 2 unspecified atom stereocenters. The van der Waals surface area contributed by atoms with Gasteiger partial charge in [-0.3, -0.25) is 10.3 Å². The Kier molecular flexibility index (Phi) is 5.43. The van der Waals surface area contributed by atoms with Gasteiger partial charge in [-0.2, -0.15) is 0 Å². The van der Waals surface area contributed by atoms with Crippen molar-refractivity contribution in [2.45, 2.75) is 19.9 Å². The second-order valence-electron chi connectivity index (χ2n) is 7.89. The third-order valence-corrected chi connectivity index (χ3v) is 5.88. The number of benzene rings is 2. The third-order valence-electron chi connectivity index (χ3n) is 5.88. The van der Waals surface area contributed by atoms with Crippen LogP contribution in [0.5, 0.6) is 0 Å². The Morgan fingerprint density at radius 1 is 1.00 bits per heavy atom. The number of anilines is 1. The maximum absolute atomic E-state index is 13.2. The van der Waals surface area contributed by atoms with E-state index in [-0.39, 0.29) is 11.9 Å². The fraction of sp³-hybridized carbons (Fsp3) is 0.455. The lowest BCUT2D eigenvalue weighted by Gasteiger charge is -2.38. The zero-order valence-corrected chi connectivity index (χ0v) is 16.2. The van der Waals surface area contributed by atoms with Crippen LogP contribution in [-0.4, -0.2) is 44.2 Å². The first-order valence-electron chi connectivity index (χ1n) is 9.88. The van der Waals surface area contributed by atoms with Gasteiger partial charge in [-0.1, -0.05) is 29.8 Å². The summed E-state index contributed by atoms with van der Waals surface area (Å²) in [5.74, 6) is 0.312. The molecule has 2 N–H and O–H groups in total. The highest BCUT2D eigenvalue weighted by atomic mass is 19.1. The third kappa shape index (κ3) is 4.15. The van der Waals surface area contributed by atoms with Crippen LogP contribution in [-0.2, 0) is 0 Å². The molecule has 2 aromatic rings. The minimum Gasteiger partial charge on any atom is -0.369 e. The lowest BCUT2D eigenvalue weighted by molar-refractivity contribution is 0.214. The summed E-state index contributed by atoms with van der Waals surface area (Å²) >= 11 is 0. The standard InChI is InChI=1S/C22H29FN4/c1-16-3-8-21(17(2)13-16)27-11-9-26(10-12-27)15-19-14-24-25-22(19)18-4-6-20(23)7-5-18/h3-8,13,19,22,24-25H,9-12,14-15H2,1-2H3. The van der Waals surface area contributed by atoms with Crippen LogP contribution in [0.15, 0.2) is 42.5 Å². The summed E-state index contributed by atoms with van der Waals surface area (Å²) in [6.07, 6.45) is 0. The quantitative estimate of drug-likeness (QED) is 0.869. The summed E-state index contributed by atoms with van der Waals surface area (Å²) in [6.45, 7) is 10.7. The van der Waals surface area contributed by atoms with Gasteiger partial charge in [-0.15, -0.1) is 0 Å². The number of hydrogen-bond donors (Lipinski definition) is 2. The second kappa shape index (κ2) is 7.97. The van der Waals surface area contributed by atoms with Gasteiger partial charge in [0.15, 0.2) is 0 Å². The zero-order chi connectivity index (χ0) is 18.8. The molecule has 27 heavy (non-hydrogen) atoms. The molecule has 144 valence electrons. The first kappa shape index (κ1) is 18.4. The van der Waals surface area contributed by atoms with Crippen molar-refractivity contribution in [1.29, 1.82) is 0 Å². The fourth-order valence-electron chi connectivity index (χ4n) is 4.39. The summed E-state index contributed by atoms with van der Waals surface area (Å²) in [5, 5.41) is 0. The molecule has 0 aromatic heterocycles. The van der Waals surface area contributed by atoms with Gasteiger partial charge >= 0.3 is 0 Å². The van der Waals surface area contributed by atoms with Crippen LogP contribution in [0.4, 0.5) is 10.1 Å². The van der Waals surface area contributed by atoms with Gasteiger partial charge < -0.3 is 4.90 Å². The molecule has 4 rings (SSSR count). The Hall–Kier alpha value is -1.95. The molecule has 2 fully saturated rings. The zero-order valence-electron chi connectivity index (χ0n) is 16.2. The molecule has 2 atom stereocenters. The van der Waals surface area contributed by atoms with Gasteiger partial charge in [0.2, 0.25) is 0 Å².